The number of Topliss-reactive ketones (excluding diaryl/α,β-unsaturated/α-hetero) is 2. The van der Waals surface area contributed by atoms with Gasteiger partial charge in [0.1, 0.15) is 0 Å². The van der Waals surface area contributed by atoms with Crippen molar-refractivity contribution in [3.63, 3.8) is 0 Å². The van der Waals surface area contributed by atoms with Gasteiger partial charge in [0.15, 0.2) is 23.7 Å². The molecule has 2 saturated heterocycles. The molecular formula is C10H14N2O6. The third kappa shape index (κ3) is 3.60. The van der Waals surface area contributed by atoms with Crippen molar-refractivity contribution in [2.24, 2.45) is 0 Å². The largest absolute Gasteiger partial charge is 0.480 e. The number of hydrogen-bond donors (Lipinski definition) is 4. The molecule has 2 rings (SSSR count). The first-order valence-electron chi connectivity index (χ1n) is 5.41. The minimum absolute atomic E-state index is 0.220. The molecule has 0 radical (unpaired) electrons. The highest BCUT2D eigenvalue weighted by Gasteiger charge is 2.30. The third-order valence-electron chi connectivity index (χ3n) is 2.58. The molecule has 2 aliphatic heterocycles. The van der Waals surface area contributed by atoms with Crippen molar-refractivity contribution in [2.45, 2.75) is 24.9 Å². The van der Waals surface area contributed by atoms with Crippen LogP contribution in [-0.4, -0.2) is 58.9 Å². The van der Waals surface area contributed by atoms with Gasteiger partial charge in [-0.3, -0.25) is 29.8 Å². The van der Waals surface area contributed by atoms with E-state index in [1.54, 1.807) is 0 Å². The molecule has 8 nitrogen and oxygen atoms in total. The van der Waals surface area contributed by atoms with Crippen molar-refractivity contribution in [2.75, 3.05) is 13.1 Å². The lowest BCUT2D eigenvalue weighted by atomic mass is 10.2. The molecule has 0 aliphatic carbocycles. The van der Waals surface area contributed by atoms with Gasteiger partial charge in [-0.2, -0.15) is 0 Å². The van der Waals surface area contributed by atoms with Gasteiger partial charge in [0.05, 0.1) is 0 Å². The smallest absolute Gasteiger partial charge is 0.328 e. The van der Waals surface area contributed by atoms with E-state index < -0.39 is 24.0 Å². The number of rotatable bonds is 2. The van der Waals surface area contributed by atoms with Crippen molar-refractivity contribution < 1.29 is 29.4 Å². The lowest BCUT2D eigenvalue weighted by Crippen LogP contribution is -2.35. The molecule has 0 amide bonds. The number of hydrogen-bond acceptors (Lipinski definition) is 6. The minimum Gasteiger partial charge on any atom is -0.480 e. The summed E-state index contributed by atoms with van der Waals surface area (Å²) in [6.07, 6.45) is 0.688. The molecule has 2 fully saturated rings. The summed E-state index contributed by atoms with van der Waals surface area (Å²) in [5.41, 5.74) is 0. The van der Waals surface area contributed by atoms with E-state index >= 15 is 0 Å². The van der Waals surface area contributed by atoms with Crippen LogP contribution in [0.5, 0.6) is 0 Å². The fourth-order valence-corrected chi connectivity index (χ4v) is 1.65. The Labute approximate surface area is 102 Å². The van der Waals surface area contributed by atoms with Crippen molar-refractivity contribution in [1.29, 1.82) is 0 Å². The highest BCUT2D eigenvalue weighted by Crippen LogP contribution is 1.99. The molecule has 0 spiro atoms. The molecule has 0 aromatic carbocycles. The molecule has 0 aromatic heterocycles. The van der Waals surface area contributed by atoms with E-state index in [1.165, 1.54) is 0 Å². The topological polar surface area (TPSA) is 133 Å². The highest BCUT2D eigenvalue weighted by molar-refractivity contribution is 6.04. The van der Waals surface area contributed by atoms with E-state index in [2.05, 4.69) is 10.6 Å². The lowest BCUT2D eigenvalue weighted by molar-refractivity contribution is -0.143. The monoisotopic (exact) mass is 258 g/mol. The van der Waals surface area contributed by atoms with Crippen LogP contribution in [-0.2, 0) is 19.2 Å². The number of carboxylic acids is 2. The van der Waals surface area contributed by atoms with Gasteiger partial charge < -0.3 is 10.2 Å². The number of ketones is 2. The molecule has 8 heteroatoms. The van der Waals surface area contributed by atoms with Gasteiger partial charge in [-0.05, 0) is 0 Å². The van der Waals surface area contributed by atoms with Crippen LogP contribution < -0.4 is 10.6 Å². The zero-order valence-corrected chi connectivity index (χ0v) is 9.51. The Morgan fingerprint density at radius 3 is 1.33 bits per heavy atom. The van der Waals surface area contributed by atoms with Gasteiger partial charge >= 0.3 is 11.9 Å². The average Bonchev–Trinajstić information content (AvgIpc) is 2.87. The van der Waals surface area contributed by atoms with Gasteiger partial charge in [0, 0.05) is 25.9 Å². The normalized spacial score (nSPS) is 26.7. The summed E-state index contributed by atoms with van der Waals surface area (Å²) in [4.78, 5) is 41.4. The quantitative estimate of drug-likeness (QED) is 0.418. The Hall–Kier alpha value is -1.80. The van der Waals surface area contributed by atoms with Gasteiger partial charge in [0.25, 0.3) is 0 Å². The first-order chi connectivity index (χ1) is 8.43. The molecule has 0 aromatic rings. The second-order valence-electron chi connectivity index (χ2n) is 3.88. The Morgan fingerprint density at radius 1 is 0.889 bits per heavy atom. The third-order valence-corrected chi connectivity index (χ3v) is 2.58. The minimum atomic E-state index is -1.07. The van der Waals surface area contributed by atoms with Crippen molar-refractivity contribution in [3.05, 3.63) is 0 Å². The summed E-state index contributed by atoms with van der Waals surface area (Å²) >= 11 is 0. The van der Waals surface area contributed by atoms with E-state index in [1.807, 2.05) is 0 Å². The summed E-state index contributed by atoms with van der Waals surface area (Å²) in [5.74, 6) is -2.58. The standard InChI is InChI=1S/2C5H7NO3/c2*7-3-1-2-6-4(3)5(8)9/h2*4,6H,1-2H2,(H,8,9). The Bertz CT molecular complexity index is 345. The maximum absolute atomic E-state index is 10.6. The number of carbonyl (C=O) groups excluding carboxylic acids is 2. The summed E-state index contributed by atoms with van der Waals surface area (Å²) in [6, 6.07) is -1.88. The molecule has 0 bridgehead atoms. The number of carbonyl (C=O) groups is 4. The van der Waals surface area contributed by atoms with E-state index in [0.29, 0.717) is 25.9 Å². The van der Waals surface area contributed by atoms with Crippen LogP contribution in [0.1, 0.15) is 12.8 Å². The number of nitrogens with one attached hydrogen (secondary N) is 2. The van der Waals surface area contributed by atoms with Crippen molar-refractivity contribution in [3.8, 4) is 0 Å². The highest BCUT2D eigenvalue weighted by atomic mass is 16.4. The lowest BCUT2D eigenvalue weighted by Gasteiger charge is -1.98. The molecule has 100 valence electrons. The number of aliphatic carboxylic acids is 2. The van der Waals surface area contributed by atoms with Crippen molar-refractivity contribution >= 4 is 23.5 Å². The van der Waals surface area contributed by atoms with Crippen molar-refractivity contribution in [1.82, 2.24) is 10.6 Å². The molecule has 2 heterocycles. The van der Waals surface area contributed by atoms with Crippen LogP contribution in [0.15, 0.2) is 0 Å². The second-order valence-corrected chi connectivity index (χ2v) is 3.88. The summed E-state index contributed by atoms with van der Waals surface area (Å²) in [5, 5.41) is 21.7. The summed E-state index contributed by atoms with van der Waals surface area (Å²) < 4.78 is 0. The van der Waals surface area contributed by atoms with Crippen LogP contribution >= 0.6 is 0 Å². The van der Waals surface area contributed by atoms with Gasteiger partial charge in [-0.1, -0.05) is 0 Å². The Balaban J connectivity index is 0.000000180. The molecular weight excluding hydrogens is 244 g/mol. The predicted octanol–water partition coefficient (Wildman–Crippen LogP) is -2.00. The Kier molecular flexibility index (Phi) is 4.93. The Morgan fingerprint density at radius 2 is 1.22 bits per heavy atom. The zero-order valence-electron chi connectivity index (χ0n) is 9.51. The first-order valence-corrected chi connectivity index (χ1v) is 5.41. The molecule has 2 aliphatic rings. The van der Waals surface area contributed by atoms with E-state index in [0.717, 1.165) is 0 Å². The molecule has 18 heavy (non-hydrogen) atoms. The van der Waals surface area contributed by atoms with Gasteiger partial charge in [0.2, 0.25) is 0 Å². The second kappa shape index (κ2) is 6.22. The van der Waals surface area contributed by atoms with Crippen LogP contribution in [0.4, 0.5) is 0 Å². The number of carboxylic acid groups (broad SMARTS) is 2. The maximum atomic E-state index is 10.6. The van der Waals surface area contributed by atoms with Crippen LogP contribution in [0.25, 0.3) is 0 Å². The van der Waals surface area contributed by atoms with Crippen LogP contribution in [0, 0.1) is 0 Å². The van der Waals surface area contributed by atoms with Crippen LogP contribution in [0.3, 0.4) is 0 Å². The first kappa shape index (κ1) is 14.3. The fourth-order valence-electron chi connectivity index (χ4n) is 1.65. The molecule has 0 saturated carbocycles. The summed E-state index contributed by atoms with van der Waals surface area (Å²) in [6.45, 7) is 0.992. The average molecular weight is 258 g/mol. The van der Waals surface area contributed by atoms with E-state index in [-0.39, 0.29) is 11.6 Å². The molecule has 4 N–H and O–H groups in total. The van der Waals surface area contributed by atoms with E-state index in [4.69, 9.17) is 10.2 Å². The predicted molar refractivity (Wildman–Crippen MR) is 58.1 cm³/mol. The van der Waals surface area contributed by atoms with Gasteiger partial charge in [-0.25, -0.2) is 0 Å². The van der Waals surface area contributed by atoms with Crippen LogP contribution in [0.2, 0.25) is 0 Å². The summed E-state index contributed by atoms with van der Waals surface area (Å²) in [7, 11) is 0. The SMILES string of the molecule is O=C(O)C1NCCC1=O.O=C(O)C1NCCC1=O. The molecule has 2 atom stereocenters. The maximum Gasteiger partial charge on any atom is 0.328 e. The molecule has 2 unspecified atom stereocenters. The van der Waals surface area contributed by atoms with E-state index in [9.17, 15) is 19.2 Å². The van der Waals surface area contributed by atoms with Gasteiger partial charge in [-0.15, -0.1) is 0 Å². The zero-order chi connectivity index (χ0) is 13.7. The fraction of sp³-hybridized carbons (Fsp3) is 0.600.